The fourth-order valence-electron chi connectivity index (χ4n) is 1.42. The molecule has 0 bridgehead atoms. The first-order chi connectivity index (χ1) is 8.52. The number of carbonyl (C=O) groups is 2. The van der Waals surface area contributed by atoms with Crippen LogP contribution in [0, 0.1) is 0 Å². The van der Waals surface area contributed by atoms with Gasteiger partial charge in [-0.15, -0.1) is 12.4 Å². The molecule has 0 saturated carbocycles. The van der Waals surface area contributed by atoms with Gasteiger partial charge in [0.25, 0.3) is 0 Å². The van der Waals surface area contributed by atoms with Gasteiger partial charge >= 0.3 is 5.97 Å². The molecule has 0 radical (unpaired) electrons. The van der Waals surface area contributed by atoms with Gasteiger partial charge in [-0.1, -0.05) is 19.8 Å². The first-order valence-corrected chi connectivity index (χ1v) is 6.39. The highest BCUT2D eigenvalue weighted by atomic mass is 35.5. The molecule has 0 aliphatic heterocycles. The van der Waals surface area contributed by atoms with Crippen LogP contribution in [0.25, 0.3) is 0 Å². The summed E-state index contributed by atoms with van der Waals surface area (Å²) >= 11 is 0. The Morgan fingerprint density at radius 2 is 2.00 bits per heavy atom. The SMILES string of the molecule is CCCCC(N)[C@H](O)C(=O)NCCC(=O)OCC.Cl. The highest BCUT2D eigenvalue weighted by molar-refractivity contribution is 5.85. The lowest BCUT2D eigenvalue weighted by molar-refractivity contribution is -0.143. The van der Waals surface area contributed by atoms with E-state index >= 15 is 0 Å². The van der Waals surface area contributed by atoms with Crippen LogP contribution in [-0.4, -0.2) is 42.3 Å². The van der Waals surface area contributed by atoms with Gasteiger partial charge in [-0.05, 0) is 13.3 Å². The maximum absolute atomic E-state index is 11.5. The Hall–Kier alpha value is -0.850. The number of unbranched alkanes of at least 4 members (excludes halogenated alkanes) is 1. The maximum Gasteiger partial charge on any atom is 0.307 e. The van der Waals surface area contributed by atoms with Gasteiger partial charge in [-0.2, -0.15) is 0 Å². The zero-order chi connectivity index (χ0) is 14.0. The Morgan fingerprint density at radius 3 is 2.53 bits per heavy atom. The number of halogens is 1. The zero-order valence-electron chi connectivity index (χ0n) is 11.6. The predicted octanol–water partition coefficient (Wildman–Crippen LogP) is 0.356. The van der Waals surface area contributed by atoms with Crippen molar-refractivity contribution in [1.29, 1.82) is 0 Å². The topological polar surface area (TPSA) is 102 Å². The van der Waals surface area contributed by atoms with Crippen molar-refractivity contribution in [3.8, 4) is 0 Å². The van der Waals surface area contributed by atoms with Crippen molar-refractivity contribution >= 4 is 24.3 Å². The van der Waals surface area contributed by atoms with Crippen LogP contribution < -0.4 is 11.1 Å². The van der Waals surface area contributed by atoms with Gasteiger partial charge in [0.2, 0.25) is 5.91 Å². The quantitative estimate of drug-likeness (QED) is 0.533. The van der Waals surface area contributed by atoms with Crippen molar-refractivity contribution in [2.45, 2.75) is 51.7 Å². The van der Waals surface area contributed by atoms with Crippen LogP contribution in [0.2, 0.25) is 0 Å². The lowest BCUT2D eigenvalue weighted by atomic mass is 10.0. The van der Waals surface area contributed by atoms with Gasteiger partial charge in [0.05, 0.1) is 13.0 Å². The Bertz CT molecular complexity index is 264. The summed E-state index contributed by atoms with van der Waals surface area (Å²) in [5.41, 5.74) is 5.68. The third-order valence-corrected chi connectivity index (χ3v) is 2.50. The highest BCUT2D eigenvalue weighted by Gasteiger charge is 2.22. The molecule has 0 fully saturated rings. The van der Waals surface area contributed by atoms with Gasteiger partial charge in [-0.3, -0.25) is 9.59 Å². The molecule has 0 rings (SSSR count). The van der Waals surface area contributed by atoms with E-state index in [2.05, 4.69) is 5.32 Å². The Morgan fingerprint density at radius 1 is 1.37 bits per heavy atom. The molecule has 0 heterocycles. The first kappa shape index (κ1) is 20.5. The Kier molecular flexibility index (Phi) is 13.1. The molecule has 19 heavy (non-hydrogen) atoms. The first-order valence-electron chi connectivity index (χ1n) is 6.39. The number of carbonyl (C=O) groups excluding carboxylic acids is 2. The van der Waals surface area contributed by atoms with Crippen LogP contribution in [0.1, 0.15) is 39.5 Å². The fourth-order valence-corrected chi connectivity index (χ4v) is 1.42. The average Bonchev–Trinajstić information content (AvgIpc) is 2.35. The lowest BCUT2D eigenvalue weighted by Crippen LogP contribution is -2.46. The smallest absolute Gasteiger partial charge is 0.307 e. The van der Waals surface area contributed by atoms with Crippen molar-refractivity contribution in [1.82, 2.24) is 5.32 Å². The minimum Gasteiger partial charge on any atom is -0.466 e. The van der Waals surface area contributed by atoms with Crippen LogP contribution in [-0.2, 0) is 14.3 Å². The Balaban J connectivity index is 0. The number of aliphatic hydroxyl groups excluding tert-OH is 1. The molecule has 1 amide bonds. The molecule has 0 spiro atoms. The van der Waals surface area contributed by atoms with Gasteiger partial charge in [-0.25, -0.2) is 0 Å². The second kappa shape index (κ2) is 12.2. The van der Waals surface area contributed by atoms with E-state index < -0.39 is 18.1 Å². The molecule has 0 aromatic heterocycles. The summed E-state index contributed by atoms with van der Waals surface area (Å²) in [5.74, 6) is -0.912. The van der Waals surface area contributed by atoms with Gasteiger partial charge in [0, 0.05) is 12.6 Å². The van der Waals surface area contributed by atoms with E-state index in [1.807, 2.05) is 6.92 Å². The predicted molar refractivity (Wildman–Crippen MR) is 75.0 cm³/mol. The number of hydrogen-bond donors (Lipinski definition) is 3. The number of nitrogens with one attached hydrogen (secondary N) is 1. The average molecular weight is 297 g/mol. The molecule has 2 atom stereocenters. The van der Waals surface area contributed by atoms with E-state index in [4.69, 9.17) is 10.5 Å². The van der Waals surface area contributed by atoms with E-state index in [9.17, 15) is 14.7 Å². The number of ether oxygens (including phenoxy) is 1. The summed E-state index contributed by atoms with van der Waals surface area (Å²) in [6.45, 7) is 4.19. The van der Waals surface area contributed by atoms with Crippen molar-refractivity contribution in [2.24, 2.45) is 5.73 Å². The summed E-state index contributed by atoms with van der Waals surface area (Å²) in [6, 6.07) is -0.562. The molecule has 1 unspecified atom stereocenters. The minimum absolute atomic E-state index is 0. The van der Waals surface area contributed by atoms with Crippen LogP contribution in [0.3, 0.4) is 0 Å². The number of nitrogens with two attached hydrogens (primary N) is 1. The largest absolute Gasteiger partial charge is 0.466 e. The summed E-state index contributed by atoms with van der Waals surface area (Å²) in [5, 5.41) is 12.1. The molecule has 0 aromatic carbocycles. The molecule has 0 aromatic rings. The summed E-state index contributed by atoms with van der Waals surface area (Å²) in [4.78, 5) is 22.5. The van der Waals surface area contributed by atoms with E-state index in [-0.39, 0.29) is 31.3 Å². The third kappa shape index (κ3) is 9.69. The molecule has 4 N–H and O–H groups in total. The van der Waals surface area contributed by atoms with Crippen molar-refractivity contribution in [3.63, 3.8) is 0 Å². The third-order valence-electron chi connectivity index (χ3n) is 2.50. The zero-order valence-corrected chi connectivity index (χ0v) is 12.4. The number of amides is 1. The second-order valence-electron chi connectivity index (χ2n) is 4.10. The maximum atomic E-state index is 11.5. The summed E-state index contributed by atoms with van der Waals surface area (Å²) < 4.78 is 4.71. The fraction of sp³-hybridized carbons (Fsp3) is 0.833. The summed E-state index contributed by atoms with van der Waals surface area (Å²) in [7, 11) is 0. The molecular formula is C12H25ClN2O4. The van der Waals surface area contributed by atoms with Gasteiger partial charge in [0.1, 0.15) is 6.10 Å². The normalized spacial score (nSPS) is 13.1. The van der Waals surface area contributed by atoms with Gasteiger partial charge in [0.15, 0.2) is 0 Å². The van der Waals surface area contributed by atoms with E-state index in [0.29, 0.717) is 13.0 Å². The van der Waals surface area contributed by atoms with Gasteiger partial charge < -0.3 is 20.9 Å². The van der Waals surface area contributed by atoms with Crippen LogP contribution >= 0.6 is 12.4 Å². The number of hydrogen-bond acceptors (Lipinski definition) is 5. The van der Waals surface area contributed by atoms with E-state index in [0.717, 1.165) is 12.8 Å². The van der Waals surface area contributed by atoms with Crippen molar-refractivity contribution < 1.29 is 19.4 Å². The number of aliphatic hydroxyl groups is 1. The molecule has 7 heteroatoms. The molecule has 0 saturated heterocycles. The van der Waals surface area contributed by atoms with Crippen LogP contribution in [0.15, 0.2) is 0 Å². The van der Waals surface area contributed by atoms with Crippen LogP contribution in [0.4, 0.5) is 0 Å². The van der Waals surface area contributed by atoms with Crippen molar-refractivity contribution in [3.05, 3.63) is 0 Å². The minimum atomic E-state index is -1.22. The number of rotatable bonds is 9. The van der Waals surface area contributed by atoms with Crippen molar-refractivity contribution in [2.75, 3.05) is 13.2 Å². The number of esters is 1. The Labute approximate surface area is 120 Å². The molecule has 0 aliphatic rings. The monoisotopic (exact) mass is 296 g/mol. The second-order valence-corrected chi connectivity index (χ2v) is 4.10. The molecule has 114 valence electrons. The molecule has 0 aliphatic carbocycles. The highest BCUT2D eigenvalue weighted by Crippen LogP contribution is 2.02. The summed E-state index contributed by atoms with van der Waals surface area (Å²) in [6.07, 6.45) is 1.30. The molecular weight excluding hydrogens is 272 g/mol. The lowest BCUT2D eigenvalue weighted by Gasteiger charge is -2.17. The van der Waals surface area contributed by atoms with E-state index in [1.165, 1.54) is 0 Å². The van der Waals surface area contributed by atoms with Crippen LogP contribution in [0.5, 0.6) is 0 Å². The standard InChI is InChI=1S/C12H24N2O4.ClH/c1-3-5-6-9(13)11(16)12(17)14-8-7-10(15)18-4-2;/h9,11,16H,3-8,13H2,1-2H3,(H,14,17);1H/t9?,11-;/m0./s1. The van der Waals surface area contributed by atoms with E-state index in [1.54, 1.807) is 6.92 Å². The molecule has 6 nitrogen and oxygen atoms in total.